The van der Waals surface area contributed by atoms with Crippen molar-refractivity contribution < 1.29 is 23.9 Å². The molecule has 0 aromatic rings. The number of unbranched alkanes of at least 4 members (excludes halogenated alkanes) is 1. The fraction of sp³-hybridized carbons (Fsp3) is 0.636. The Bertz CT molecular complexity index is 473. The van der Waals surface area contributed by atoms with E-state index >= 15 is 0 Å². The molecule has 0 spiro atoms. The third-order valence-corrected chi connectivity index (χ3v) is 2.41. The molecule has 2 N–H and O–H groups in total. The number of aliphatic imine (C=N–C) groups is 1. The largest absolute Gasteiger partial charge is 0.463 e. The van der Waals surface area contributed by atoms with Crippen molar-refractivity contribution in [1.29, 1.82) is 0 Å². The lowest BCUT2D eigenvalue weighted by atomic mass is 10.0. The summed E-state index contributed by atoms with van der Waals surface area (Å²) in [5, 5.41) is 6.50. The number of esters is 1. The van der Waals surface area contributed by atoms with Crippen LogP contribution in [0.4, 0.5) is 0 Å². The van der Waals surface area contributed by atoms with Crippen LogP contribution >= 0.6 is 0 Å². The Morgan fingerprint density at radius 1 is 1.19 bits per heavy atom. The summed E-state index contributed by atoms with van der Waals surface area (Å²) < 4.78 is 4.80. The standard InChI is InChI=1S/C11H15N5O5/c1-2-21-10(20)11(13-7-17,5-3-4-6-12)16(14-8-18)15-9-19/h2-6,12H2,1H3/t11-/m0/s1. The molecule has 0 aromatic carbocycles. The number of hydrogen-bond donors (Lipinski definition) is 1. The van der Waals surface area contributed by atoms with Gasteiger partial charge in [-0.05, 0) is 26.3 Å². The molecule has 0 fully saturated rings. The van der Waals surface area contributed by atoms with Crippen LogP contribution in [0.15, 0.2) is 15.2 Å². The normalized spacial score (nSPS) is 11.9. The van der Waals surface area contributed by atoms with E-state index in [-0.39, 0.29) is 13.0 Å². The maximum absolute atomic E-state index is 12.1. The number of ether oxygens (including phenoxy) is 1. The molecule has 0 saturated heterocycles. The van der Waals surface area contributed by atoms with Crippen LogP contribution < -0.4 is 5.73 Å². The van der Waals surface area contributed by atoms with E-state index in [9.17, 15) is 19.2 Å². The summed E-state index contributed by atoms with van der Waals surface area (Å²) in [5.41, 5.74) is 3.24. The van der Waals surface area contributed by atoms with Crippen LogP contribution in [0.25, 0.3) is 0 Å². The molecule has 0 aliphatic carbocycles. The van der Waals surface area contributed by atoms with E-state index in [2.05, 4.69) is 15.2 Å². The molecule has 21 heavy (non-hydrogen) atoms. The van der Waals surface area contributed by atoms with Crippen molar-refractivity contribution >= 4 is 24.2 Å². The van der Waals surface area contributed by atoms with Gasteiger partial charge in [0.05, 0.1) is 6.61 Å². The molecule has 0 saturated carbocycles. The van der Waals surface area contributed by atoms with E-state index in [0.717, 1.165) is 12.2 Å². The van der Waals surface area contributed by atoms with Gasteiger partial charge in [-0.2, -0.15) is 4.99 Å². The van der Waals surface area contributed by atoms with Gasteiger partial charge >= 0.3 is 5.97 Å². The van der Waals surface area contributed by atoms with E-state index in [4.69, 9.17) is 10.5 Å². The minimum Gasteiger partial charge on any atom is -0.463 e. The van der Waals surface area contributed by atoms with E-state index in [1.54, 1.807) is 0 Å². The number of rotatable bonds is 10. The predicted molar refractivity (Wildman–Crippen MR) is 68.5 cm³/mol. The Balaban J connectivity index is 5.83. The Labute approximate surface area is 120 Å². The third-order valence-electron chi connectivity index (χ3n) is 2.41. The molecule has 10 heteroatoms. The number of nitrogens with zero attached hydrogens (tertiary/aromatic N) is 4. The van der Waals surface area contributed by atoms with E-state index in [1.165, 1.54) is 13.0 Å². The number of hydrazone groups is 2. The Morgan fingerprint density at radius 3 is 2.24 bits per heavy atom. The molecule has 114 valence electrons. The monoisotopic (exact) mass is 297 g/mol. The average molecular weight is 297 g/mol. The second-order valence-electron chi connectivity index (χ2n) is 3.66. The van der Waals surface area contributed by atoms with Crippen LogP contribution in [0.3, 0.4) is 0 Å². The predicted octanol–water partition coefficient (Wildman–Crippen LogP) is -0.486. The van der Waals surface area contributed by atoms with Gasteiger partial charge in [0.1, 0.15) is 0 Å². The molecule has 0 aliphatic rings. The summed E-state index contributed by atoms with van der Waals surface area (Å²) in [6, 6.07) is 0. The summed E-state index contributed by atoms with van der Waals surface area (Å²) in [7, 11) is 0. The lowest BCUT2D eigenvalue weighted by Gasteiger charge is -2.29. The van der Waals surface area contributed by atoms with Gasteiger partial charge in [-0.3, -0.25) is 0 Å². The maximum atomic E-state index is 12.1. The molecule has 0 aliphatic heterocycles. The molecular weight excluding hydrogens is 282 g/mol. The van der Waals surface area contributed by atoms with Gasteiger partial charge < -0.3 is 10.5 Å². The molecule has 0 radical (unpaired) electrons. The molecule has 10 nitrogen and oxygen atoms in total. The highest BCUT2D eigenvalue weighted by molar-refractivity contribution is 5.81. The number of carbonyl (C=O) groups is 1. The van der Waals surface area contributed by atoms with Gasteiger partial charge in [-0.1, -0.05) is 10.2 Å². The first kappa shape index (κ1) is 18.4. The van der Waals surface area contributed by atoms with Gasteiger partial charge in [-0.15, -0.1) is 5.12 Å². The zero-order valence-electron chi connectivity index (χ0n) is 11.4. The van der Waals surface area contributed by atoms with Crippen molar-refractivity contribution in [3.05, 3.63) is 0 Å². The van der Waals surface area contributed by atoms with Gasteiger partial charge in [0.2, 0.25) is 6.08 Å². The second kappa shape index (κ2) is 10.2. The Kier molecular flexibility index (Phi) is 8.92. The molecule has 0 bridgehead atoms. The Hall–Kier alpha value is -2.63. The molecule has 0 amide bonds. The number of carbonyl (C=O) groups excluding carboxylic acids is 4. The number of isocyanates is 3. The SMILES string of the molecule is CCOC(=O)[C@@](CCCCN)(N=C=O)N(N=C=O)N=C=O. The van der Waals surface area contributed by atoms with Crippen LogP contribution in [0.2, 0.25) is 0 Å². The van der Waals surface area contributed by atoms with Gasteiger partial charge in [0.15, 0.2) is 0 Å². The van der Waals surface area contributed by atoms with Crippen LogP contribution in [0, 0.1) is 0 Å². The molecular formula is C11H15N5O5. The van der Waals surface area contributed by atoms with Crippen molar-refractivity contribution in [2.24, 2.45) is 20.9 Å². The van der Waals surface area contributed by atoms with Gasteiger partial charge in [0.25, 0.3) is 17.8 Å². The summed E-state index contributed by atoms with van der Waals surface area (Å²) in [6.45, 7) is 1.84. The Morgan fingerprint density at radius 2 is 1.81 bits per heavy atom. The fourth-order valence-electron chi connectivity index (χ4n) is 1.53. The van der Waals surface area contributed by atoms with Crippen LogP contribution in [-0.4, -0.2) is 48.1 Å². The fourth-order valence-corrected chi connectivity index (χ4v) is 1.53. The first-order chi connectivity index (χ1) is 10.1. The molecule has 0 unspecified atom stereocenters. The highest BCUT2D eigenvalue weighted by Gasteiger charge is 2.47. The topological polar surface area (TPSA) is 144 Å². The van der Waals surface area contributed by atoms with Crippen molar-refractivity contribution in [2.45, 2.75) is 31.8 Å². The molecule has 1 atom stereocenters. The first-order valence-corrected chi connectivity index (χ1v) is 6.05. The zero-order valence-corrected chi connectivity index (χ0v) is 11.4. The lowest BCUT2D eigenvalue weighted by Crippen LogP contribution is -2.49. The smallest absolute Gasteiger partial charge is 0.359 e. The zero-order chi connectivity index (χ0) is 16.1. The van der Waals surface area contributed by atoms with Gasteiger partial charge in [0, 0.05) is 6.42 Å². The molecule has 0 rings (SSSR count). The van der Waals surface area contributed by atoms with Crippen molar-refractivity contribution in [3.63, 3.8) is 0 Å². The van der Waals surface area contributed by atoms with E-state index in [0.29, 0.717) is 24.5 Å². The summed E-state index contributed by atoms with van der Waals surface area (Å²) in [5.74, 6) is -1.01. The molecule has 0 aromatic heterocycles. The van der Waals surface area contributed by atoms with Crippen molar-refractivity contribution in [2.75, 3.05) is 13.2 Å². The van der Waals surface area contributed by atoms with Crippen LogP contribution in [-0.2, 0) is 23.9 Å². The van der Waals surface area contributed by atoms with E-state index in [1.807, 2.05) is 0 Å². The van der Waals surface area contributed by atoms with Crippen molar-refractivity contribution in [1.82, 2.24) is 5.12 Å². The van der Waals surface area contributed by atoms with Gasteiger partial charge in [-0.25, -0.2) is 19.2 Å². The number of hydrogen-bond acceptors (Lipinski definition) is 10. The minimum atomic E-state index is -2.11. The number of nitrogens with two attached hydrogens (primary N) is 1. The van der Waals surface area contributed by atoms with Crippen molar-refractivity contribution in [3.8, 4) is 0 Å². The molecule has 0 heterocycles. The highest BCUT2D eigenvalue weighted by atomic mass is 16.5. The highest BCUT2D eigenvalue weighted by Crippen LogP contribution is 2.26. The summed E-state index contributed by atoms with van der Waals surface area (Å²) in [6.07, 6.45) is 4.13. The van der Waals surface area contributed by atoms with Crippen LogP contribution in [0.5, 0.6) is 0 Å². The summed E-state index contributed by atoms with van der Waals surface area (Å²) in [4.78, 5) is 46.9. The minimum absolute atomic E-state index is 0.0186. The van der Waals surface area contributed by atoms with Crippen LogP contribution in [0.1, 0.15) is 26.2 Å². The third kappa shape index (κ3) is 5.10. The lowest BCUT2D eigenvalue weighted by molar-refractivity contribution is -0.158. The average Bonchev–Trinajstić information content (AvgIpc) is 2.46. The van der Waals surface area contributed by atoms with E-state index < -0.39 is 11.6 Å². The maximum Gasteiger partial charge on any atom is 0.359 e. The first-order valence-electron chi connectivity index (χ1n) is 6.05. The summed E-state index contributed by atoms with van der Waals surface area (Å²) >= 11 is 0. The second-order valence-corrected chi connectivity index (χ2v) is 3.66. The quantitative estimate of drug-likeness (QED) is 0.188.